The molecule has 4 atom stereocenters. The van der Waals surface area contributed by atoms with E-state index in [0.717, 1.165) is 0 Å². The zero-order valence-corrected chi connectivity index (χ0v) is 31.6. The van der Waals surface area contributed by atoms with E-state index in [1.165, 1.54) is 6.33 Å². The maximum absolute atomic E-state index is 12.6. The van der Waals surface area contributed by atoms with Gasteiger partial charge < -0.3 is 23.0 Å². The number of nitrogens with zero attached hydrogens (tertiary/aromatic N) is 3. The molecule has 0 aromatic carbocycles. The molecule has 0 unspecified atom stereocenters. The minimum atomic E-state index is -2.34. The third-order valence-corrected chi connectivity index (χ3v) is 23.6. The molecule has 13 heteroatoms. The van der Waals surface area contributed by atoms with E-state index in [1.54, 1.807) is 4.57 Å². The highest BCUT2D eigenvalue weighted by atomic mass is 35.5. The molecular formula is C28H53ClN4O5Si3. The van der Waals surface area contributed by atoms with Crippen LogP contribution < -0.4 is 5.56 Å². The molecule has 0 aliphatic carbocycles. The molecule has 1 aliphatic heterocycles. The van der Waals surface area contributed by atoms with Crippen molar-refractivity contribution in [2.45, 2.75) is 141 Å². The predicted molar refractivity (Wildman–Crippen MR) is 174 cm³/mol. The standard InChI is InChI=1S/C28H53ClN4O5Si3/c1-26(2,3)39(10,11)35-16-18-20(37-40(12,13)27(4,5)6)21(38-41(14,15)28(7,8)9)24(36-18)33-22-19(32-25(33)29)23(34)31-17-30-22/h17-18,20-21,24H,16H2,1-15H3,(H,30,31,34)/t18-,20-,21-,24-/m1/s1. The maximum atomic E-state index is 12.6. The van der Waals surface area contributed by atoms with Crippen LogP contribution in [0.2, 0.25) is 59.7 Å². The van der Waals surface area contributed by atoms with Crippen LogP contribution in [0.3, 0.4) is 0 Å². The summed E-state index contributed by atoms with van der Waals surface area (Å²) < 4.78 is 29.7. The van der Waals surface area contributed by atoms with Gasteiger partial charge in [-0.15, -0.1) is 0 Å². The number of aromatic nitrogens is 4. The van der Waals surface area contributed by atoms with Gasteiger partial charge in [-0.05, 0) is 66.0 Å². The number of H-pyrrole nitrogens is 1. The maximum Gasteiger partial charge on any atom is 0.278 e. The van der Waals surface area contributed by atoms with Crippen LogP contribution in [0.1, 0.15) is 68.5 Å². The highest BCUT2D eigenvalue weighted by Crippen LogP contribution is 2.47. The Morgan fingerprint density at radius 3 is 1.85 bits per heavy atom. The number of hydrogen-bond acceptors (Lipinski definition) is 7. The minimum Gasteiger partial charge on any atom is -0.414 e. The van der Waals surface area contributed by atoms with E-state index in [0.29, 0.717) is 12.3 Å². The Morgan fingerprint density at radius 1 is 0.878 bits per heavy atom. The van der Waals surface area contributed by atoms with Gasteiger partial charge >= 0.3 is 0 Å². The predicted octanol–water partition coefficient (Wildman–Crippen LogP) is 7.47. The zero-order valence-electron chi connectivity index (χ0n) is 27.9. The molecular weight excluding hydrogens is 592 g/mol. The highest BCUT2D eigenvalue weighted by Gasteiger charge is 2.55. The lowest BCUT2D eigenvalue weighted by Crippen LogP contribution is -2.54. The van der Waals surface area contributed by atoms with Gasteiger partial charge in [0.15, 0.2) is 42.3 Å². The van der Waals surface area contributed by atoms with Crippen molar-refractivity contribution >= 4 is 47.7 Å². The number of nitrogens with one attached hydrogen (secondary N) is 1. The number of aromatic amines is 1. The number of rotatable bonds is 8. The van der Waals surface area contributed by atoms with Crippen LogP contribution in [-0.2, 0) is 18.0 Å². The van der Waals surface area contributed by atoms with Crippen molar-refractivity contribution in [1.82, 2.24) is 19.5 Å². The average molecular weight is 645 g/mol. The monoisotopic (exact) mass is 644 g/mol. The van der Waals surface area contributed by atoms with Gasteiger partial charge in [0.25, 0.3) is 5.56 Å². The highest BCUT2D eigenvalue weighted by molar-refractivity contribution is 6.75. The van der Waals surface area contributed by atoms with E-state index < -0.39 is 49.5 Å². The van der Waals surface area contributed by atoms with Crippen molar-refractivity contribution in [2.24, 2.45) is 0 Å². The molecule has 1 fully saturated rings. The first-order valence-corrected chi connectivity index (χ1v) is 23.7. The van der Waals surface area contributed by atoms with E-state index in [4.69, 9.17) is 29.6 Å². The second-order valence-electron chi connectivity index (χ2n) is 16.0. The Kier molecular flexibility index (Phi) is 9.49. The molecule has 0 radical (unpaired) electrons. The van der Waals surface area contributed by atoms with Gasteiger partial charge in [-0.3, -0.25) is 9.36 Å². The Bertz CT molecular complexity index is 1290. The normalized spacial score (nSPS) is 23.5. The fourth-order valence-electron chi connectivity index (χ4n) is 3.98. The van der Waals surface area contributed by atoms with Gasteiger partial charge in [-0.1, -0.05) is 62.3 Å². The van der Waals surface area contributed by atoms with Gasteiger partial charge in [-0.2, -0.15) is 0 Å². The van der Waals surface area contributed by atoms with Crippen LogP contribution in [0.25, 0.3) is 11.2 Å². The van der Waals surface area contributed by atoms with Gasteiger partial charge in [0.2, 0.25) is 5.28 Å². The summed E-state index contributed by atoms with van der Waals surface area (Å²) in [6.07, 6.45) is -0.712. The minimum absolute atomic E-state index is 0.0344. The molecule has 2 aromatic rings. The summed E-state index contributed by atoms with van der Waals surface area (Å²) in [5, 5.41) is 0.0542. The van der Waals surface area contributed by atoms with E-state index in [-0.39, 0.29) is 31.5 Å². The number of imidazole rings is 1. The molecule has 41 heavy (non-hydrogen) atoms. The summed E-state index contributed by atoms with van der Waals surface area (Å²) in [4.78, 5) is 24.0. The molecule has 0 spiro atoms. The fraction of sp³-hybridized carbons (Fsp3) is 0.821. The van der Waals surface area contributed by atoms with Crippen molar-refractivity contribution in [3.63, 3.8) is 0 Å². The fourth-order valence-corrected chi connectivity index (χ4v) is 7.86. The number of ether oxygens (including phenoxy) is 1. The van der Waals surface area contributed by atoms with Crippen molar-refractivity contribution in [3.8, 4) is 0 Å². The smallest absolute Gasteiger partial charge is 0.278 e. The van der Waals surface area contributed by atoms with Gasteiger partial charge in [-0.25, -0.2) is 9.97 Å². The molecule has 1 N–H and O–H groups in total. The molecule has 234 valence electrons. The number of hydrogen-bond donors (Lipinski definition) is 1. The molecule has 3 heterocycles. The van der Waals surface area contributed by atoms with Crippen LogP contribution >= 0.6 is 11.6 Å². The van der Waals surface area contributed by atoms with Gasteiger partial charge in [0, 0.05) is 0 Å². The summed E-state index contributed by atoms with van der Waals surface area (Å²) in [6.45, 7) is 33.8. The van der Waals surface area contributed by atoms with Crippen molar-refractivity contribution in [1.29, 1.82) is 0 Å². The van der Waals surface area contributed by atoms with E-state index in [1.807, 2.05) is 0 Å². The molecule has 1 saturated heterocycles. The van der Waals surface area contributed by atoms with Crippen LogP contribution in [0.4, 0.5) is 0 Å². The number of halogens is 1. The molecule has 0 bridgehead atoms. The second kappa shape index (κ2) is 11.2. The third kappa shape index (κ3) is 6.95. The Hall–Kier alpha value is -0.869. The number of fused-ring (bicyclic) bond motifs is 1. The molecule has 3 rings (SSSR count). The lowest BCUT2D eigenvalue weighted by atomic mass is 10.1. The summed E-state index contributed by atoms with van der Waals surface area (Å²) in [5.74, 6) is 0. The Morgan fingerprint density at radius 2 is 1.37 bits per heavy atom. The molecule has 2 aromatic heterocycles. The summed E-state index contributed by atoms with van der Waals surface area (Å²) in [6, 6.07) is 0. The van der Waals surface area contributed by atoms with Crippen LogP contribution in [0.5, 0.6) is 0 Å². The first-order valence-electron chi connectivity index (χ1n) is 14.6. The van der Waals surface area contributed by atoms with Gasteiger partial charge in [0.1, 0.15) is 18.3 Å². The summed E-state index contributed by atoms with van der Waals surface area (Å²) in [5.41, 5.74) is 0.155. The van der Waals surface area contributed by atoms with E-state index in [9.17, 15) is 4.79 Å². The lowest BCUT2D eigenvalue weighted by Gasteiger charge is -2.44. The summed E-state index contributed by atoms with van der Waals surface area (Å²) >= 11 is 6.74. The van der Waals surface area contributed by atoms with Crippen LogP contribution in [0, 0.1) is 0 Å². The average Bonchev–Trinajstić information content (AvgIpc) is 3.27. The zero-order chi connectivity index (χ0) is 31.6. The first-order chi connectivity index (χ1) is 18.3. The largest absolute Gasteiger partial charge is 0.414 e. The van der Waals surface area contributed by atoms with E-state index >= 15 is 0 Å². The Labute approximate surface area is 254 Å². The van der Waals surface area contributed by atoms with Crippen LogP contribution in [-0.4, -0.2) is 69.4 Å². The topological polar surface area (TPSA) is 100 Å². The SMILES string of the molecule is CC(C)(C)[Si](C)(C)OC[C@H]1O[C@@H](n2c(Cl)nc3c(=O)[nH]cnc32)[C@H](O[Si](C)(C)C(C)(C)C)[C@@H]1O[Si](C)(C)C(C)(C)C. The molecule has 1 aliphatic rings. The summed E-state index contributed by atoms with van der Waals surface area (Å²) in [7, 11) is -6.74. The van der Waals surface area contributed by atoms with Crippen molar-refractivity contribution in [3.05, 3.63) is 22.0 Å². The van der Waals surface area contributed by atoms with Crippen molar-refractivity contribution in [2.75, 3.05) is 6.61 Å². The van der Waals surface area contributed by atoms with Crippen molar-refractivity contribution < 1.29 is 18.0 Å². The van der Waals surface area contributed by atoms with Gasteiger partial charge in [0.05, 0.1) is 12.9 Å². The van der Waals surface area contributed by atoms with E-state index in [2.05, 4.69) is 117 Å². The lowest BCUT2D eigenvalue weighted by molar-refractivity contribution is -0.0469. The quantitative estimate of drug-likeness (QED) is 0.235. The third-order valence-electron chi connectivity index (χ3n) is 9.87. The first kappa shape index (κ1) is 34.6. The second-order valence-corrected chi connectivity index (χ2v) is 30.6. The Balaban J connectivity index is 2.20. The van der Waals surface area contributed by atoms with Crippen LogP contribution in [0.15, 0.2) is 11.1 Å². The molecule has 0 amide bonds. The molecule has 0 saturated carbocycles. The molecule has 9 nitrogen and oxygen atoms in total.